The Bertz CT molecular complexity index is 339. The van der Waals surface area contributed by atoms with Crippen LogP contribution in [0.1, 0.15) is 20.3 Å². The van der Waals surface area contributed by atoms with E-state index in [0.717, 1.165) is 24.6 Å². The van der Waals surface area contributed by atoms with E-state index in [9.17, 15) is 0 Å². The maximum absolute atomic E-state index is 5.51. The van der Waals surface area contributed by atoms with Gasteiger partial charge < -0.3 is 15.5 Å². The zero-order chi connectivity index (χ0) is 12.8. The van der Waals surface area contributed by atoms with Gasteiger partial charge in [0, 0.05) is 32.7 Å². The molecule has 0 aliphatic carbocycles. The monoisotopic (exact) mass is 237 g/mol. The predicted molar refractivity (Wildman–Crippen MR) is 72.5 cm³/mol. The van der Waals surface area contributed by atoms with E-state index in [1.807, 2.05) is 20.2 Å². The first-order valence-corrected chi connectivity index (χ1v) is 6.02. The molecule has 0 aliphatic rings. The van der Waals surface area contributed by atoms with Gasteiger partial charge in [0.1, 0.15) is 18.0 Å². The highest BCUT2D eigenvalue weighted by molar-refractivity contribution is 5.49. The normalized spacial score (nSPS) is 10.7. The molecule has 5 nitrogen and oxygen atoms in total. The van der Waals surface area contributed by atoms with E-state index >= 15 is 0 Å². The van der Waals surface area contributed by atoms with E-state index in [-0.39, 0.29) is 0 Å². The van der Waals surface area contributed by atoms with Crippen molar-refractivity contribution in [3.63, 3.8) is 0 Å². The van der Waals surface area contributed by atoms with Gasteiger partial charge >= 0.3 is 0 Å². The summed E-state index contributed by atoms with van der Waals surface area (Å²) in [7, 11) is 4.06. The Morgan fingerprint density at radius 3 is 2.47 bits per heavy atom. The highest BCUT2D eigenvalue weighted by Crippen LogP contribution is 2.17. The zero-order valence-corrected chi connectivity index (χ0v) is 11.2. The second kappa shape index (κ2) is 6.39. The first kappa shape index (κ1) is 13.7. The summed E-state index contributed by atoms with van der Waals surface area (Å²) in [5, 5.41) is 0. The number of nitrogens with two attached hydrogens (primary N) is 1. The molecule has 0 aromatic carbocycles. The molecule has 2 N–H and O–H groups in total. The van der Waals surface area contributed by atoms with Crippen molar-refractivity contribution >= 4 is 11.6 Å². The molecular weight excluding hydrogens is 214 g/mol. The van der Waals surface area contributed by atoms with E-state index in [1.165, 1.54) is 0 Å². The molecule has 0 atom stereocenters. The van der Waals surface area contributed by atoms with Crippen molar-refractivity contribution in [2.45, 2.75) is 26.3 Å². The Morgan fingerprint density at radius 2 is 1.88 bits per heavy atom. The lowest BCUT2D eigenvalue weighted by Gasteiger charge is -2.24. The SMILES string of the molecule is CC(C)N(C)c1cc(N(C)CCCN)ncn1. The second-order valence-corrected chi connectivity index (χ2v) is 4.50. The first-order valence-electron chi connectivity index (χ1n) is 6.02. The van der Waals surface area contributed by atoms with Crippen LogP contribution in [0.3, 0.4) is 0 Å². The fourth-order valence-electron chi connectivity index (χ4n) is 1.45. The van der Waals surface area contributed by atoms with Gasteiger partial charge in [-0.1, -0.05) is 0 Å². The van der Waals surface area contributed by atoms with Crippen LogP contribution >= 0.6 is 0 Å². The third-order valence-corrected chi connectivity index (χ3v) is 2.86. The fraction of sp³-hybridized carbons (Fsp3) is 0.667. The van der Waals surface area contributed by atoms with E-state index < -0.39 is 0 Å². The highest BCUT2D eigenvalue weighted by atomic mass is 15.2. The van der Waals surface area contributed by atoms with Crippen molar-refractivity contribution < 1.29 is 0 Å². The van der Waals surface area contributed by atoms with Gasteiger partial charge in [-0.15, -0.1) is 0 Å². The Kier molecular flexibility index (Phi) is 5.15. The Labute approximate surface area is 104 Å². The van der Waals surface area contributed by atoms with Crippen LogP contribution in [0.4, 0.5) is 11.6 Å². The van der Waals surface area contributed by atoms with Crippen LogP contribution in [-0.4, -0.2) is 43.2 Å². The summed E-state index contributed by atoms with van der Waals surface area (Å²) in [6, 6.07) is 2.43. The molecule has 0 radical (unpaired) electrons. The summed E-state index contributed by atoms with van der Waals surface area (Å²) in [5.74, 6) is 1.89. The molecule has 0 fully saturated rings. The minimum absolute atomic E-state index is 0.423. The minimum atomic E-state index is 0.423. The molecule has 0 saturated carbocycles. The second-order valence-electron chi connectivity index (χ2n) is 4.50. The molecule has 0 aliphatic heterocycles. The highest BCUT2D eigenvalue weighted by Gasteiger charge is 2.09. The maximum atomic E-state index is 5.51. The van der Waals surface area contributed by atoms with Gasteiger partial charge in [0.25, 0.3) is 0 Å². The fourth-order valence-corrected chi connectivity index (χ4v) is 1.45. The van der Waals surface area contributed by atoms with Crippen LogP contribution in [0.15, 0.2) is 12.4 Å². The smallest absolute Gasteiger partial charge is 0.134 e. The topological polar surface area (TPSA) is 58.3 Å². The summed E-state index contributed by atoms with van der Waals surface area (Å²) < 4.78 is 0. The van der Waals surface area contributed by atoms with Gasteiger partial charge in [0.15, 0.2) is 0 Å². The molecule has 5 heteroatoms. The number of hydrogen-bond acceptors (Lipinski definition) is 5. The molecule has 96 valence electrons. The van der Waals surface area contributed by atoms with E-state index in [4.69, 9.17) is 5.73 Å². The van der Waals surface area contributed by atoms with Gasteiger partial charge in [0.05, 0.1) is 0 Å². The standard InChI is InChI=1S/C12H23N5/c1-10(2)17(4)12-8-11(14-9-15-12)16(3)7-5-6-13/h8-10H,5-7,13H2,1-4H3. The molecule has 0 bridgehead atoms. The van der Waals surface area contributed by atoms with Crippen molar-refractivity contribution in [3.8, 4) is 0 Å². The summed E-state index contributed by atoms with van der Waals surface area (Å²) >= 11 is 0. The Balaban J connectivity index is 2.78. The van der Waals surface area contributed by atoms with Crippen molar-refractivity contribution in [2.75, 3.05) is 37.0 Å². The van der Waals surface area contributed by atoms with Crippen LogP contribution < -0.4 is 15.5 Å². The molecule has 1 heterocycles. The van der Waals surface area contributed by atoms with E-state index in [0.29, 0.717) is 12.6 Å². The lowest BCUT2D eigenvalue weighted by molar-refractivity contribution is 0.738. The van der Waals surface area contributed by atoms with Crippen LogP contribution in [0.25, 0.3) is 0 Å². The molecule has 1 rings (SSSR count). The average Bonchev–Trinajstić information content (AvgIpc) is 2.35. The van der Waals surface area contributed by atoms with Crippen LogP contribution in [0.5, 0.6) is 0 Å². The molecular formula is C12H23N5. The van der Waals surface area contributed by atoms with Crippen LogP contribution in [0.2, 0.25) is 0 Å². The largest absolute Gasteiger partial charge is 0.359 e. The lowest BCUT2D eigenvalue weighted by atomic mass is 10.3. The van der Waals surface area contributed by atoms with Crippen molar-refractivity contribution in [1.82, 2.24) is 9.97 Å². The van der Waals surface area contributed by atoms with Crippen molar-refractivity contribution in [1.29, 1.82) is 0 Å². The number of nitrogens with zero attached hydrogens (tertiary/aromatic N) is 4. The maximum Gasteiger partial charge on any atom is 0.134 e. The molecule has 1 aromatic rings. The number of rotatable bonds is 6. The zero-order valence-electron chi connectivity index (χ0n) is 11.2. The lowest BCUT2D eigenvalue weighted by Crippen LogP contribution is -2.27. The summed E-state index contributed by atoms with van der Waals surface area (Å²) in [6.45, 7) is 5.90. The van der Waals surface area contributed by atoms with E-state index in [2.05, 4.69) is 33.6 Å². The molecule has 0 unspecified atom stereocenters. The summed E-state index contributed by atoms with van der Waals surface area (Å²) in [6.07, 6.45) is 2.58. The van der Waals surface area contributed by atoms with Crippen molar-refractivity contribution in [2.24, 2.45) is 5.73 Å². The Hall–Kier alpha value is -1.36. The third-order valence-electron chi connectivity index (χ3n) is 2.86. The van der Waals surface area contributed by atoms with Gasteiger partial charge in [0.2, 0.25) is 0 Å². The molecule has 1 aromatic heterocycles. The molecule has 0 spiro atoms. The predicted octanol–water partition coefficient (Wildman–Crippen LogP) is 1.11. The minimum Gasteiger partial charge on any atom is -0.359 e. The van der Waals surface area contributed by atoms with Gasteiger partial charge in [-0.3, -0.25) is 0 Å². The van der Waals surface area contributed by atoms with Crippen molar-refractivity contribution in [3.05, 3.63) is 12.4 Å². The molecule has 0 saturated heterocycles. The summed E-state index contributed by atoms with van der Waals surface area (Å²) in [4.78, 5) is 12.8. The Morgan fingerprint density at radius 1 is 1.24 bits per heavy atom. The molecule has 0 amide bonds. The third kappa shape index (κ3) is 3.85. The first-order chi connectivity index (χ1) is 8.06. The quantitative estimate of drug-likeness (QED) is 0.803. The number of hydrogen-bond donors (Lipinski definition) is 1. The van der Waals surface area contributed by atoms with Gasteiger partial charge in [-0.05, 0) is 26.8 Å². The summed E-state index contributed by atoms with van der Waals surface area (Å²) in [5.41, 5.74) is 5.51. The number of anilines is 2. The van der Waals surface area contributed by atoms with Gasteiger partial charge in [-0.25, -0.2) is 9.97 Å². The van der Waals surface area contributed by atoms with Crippen LogP contribution in [0, 0.1) is 0 Å². The van der Waals surface area contributed by atoms with Crippen LogP contribution in [-0.2, 0) is 0 Å². The van der Waals surface area contributed by atoms with E-state index in [1.54, 1.807) is 6.33 Å². The van der Waals surface area contributed by atoms with Gasteiger partial charge in [-0.2, -0.15) is 0 Å². The average molecular weight is 237 g/mol. The molecule has 17 heavy (non-hydrogen) atoms. The number of aromatic nitrogens is 2.